The van der Waals surface area contributed by atoms with Crippen molar-refractivity contribution in [2.75, 3.05) is 18.0 Å². The summed E-state index contributed by atoms with van der Waals surface area (Å²) >= 11 is 12.6. The van der Waals surface area contributed by atoms with Gasteiger partial charge in [-0.25, -0.2) is 13.8 Å². The van der Waals surface area contributed by atoms with Crippen LogP contribution in [-0.2, 0) is 0 Å². The molecular weight excluding hydrogens is 463 g/mol. The van der Waals surface area contributed by atoms with Crippen LogP contribution in [0.2, 0.25) is 10.0 Å². The Balaban J connectivity index is 1.92. The minimum atomic E-state index is -2.96. The molecule has 0 bridgehead atoms. The van der Waals surface area contributed by atoms with Gasteiger partial charge in [0.25, 0.3) is 6.43 Å². The topological polar surface area (TPSA) is 103 Å². The fourth-order valence-electron chi connectivity index (χ4n) is 3.89. The molecule has 0 atom stereocenters. The van der Waals surface area contributed by atoms with E-state index in [1.54, 1.807) is 24.0 Å². The van der Waals surface area contributed by atoms with Gasteiger partial charge in [-0.1, -0.05) is 23.2 Å². The van der Waals surface area contributed by atoms with Crippen LogP contribution in [0.4, 0.5) is 14.6 Å². The van der Waals surface area contributed by atoms with Gasteiger partial charge >= 0.3 is 0 Å². The van der Waals surface area contributed by atoms with Crippen LogP contribution in [0.15, 0.2) is 18.5 Å². The molecule has 12 heteroatoms. The van der Waals surface area contributed by atoms with Crippen LogP contribution >= 0.6 is 23.2 Å². The van der Waals surface area contributed by atoms with E-state index in [2.05, 4.69) is 20.1 Å². The zero-order valence-corrected chi connectivity index (χ0v) is 17.9. The van der Waals surface area contributed by atoms with Crippen molar-refractivity contribution < 1.29 is 13.9 Å². The van der Waals surface area contributed by atoms with Gasteiger partial charge in [-0.05, 0) is 13.0 Å². The summed E-state index contributed by atoms with van der Waals surface area (Å²) < 4.78 is 28.5. The third-order valence-corrected chi connectivity index (χ3v) is 5.80. The van der Waals surface area contributed by atoms with Crippen LogP contribution in [-0.4, -0.2) is 48.9 Å². The second-order valence-corrected chi connectivity index (χ2v) is 8.21. The second-order valence-electron chi connectivity index (χ2n) is 7.37. The quantitative estimate of drug-likeness (QED) is 0.478. The van der Waals surface area contributed by atoms with E-state index >= 15 is 0 Å². The highest BCUT2D eigenvalue weighted by atomic mass is 35.5. The summed E-state index contributed by atoms with van der Waals surface area (Å²) in [5.41, 5.74) is 1.37. The Kier molecular flexibility index (Phi) is 4.85. The SMILES string of the molecule is Cc1nc2c(C#N)c(C(F)F)nn2c(N2CC(O)C2)c1-c1c(Cl)cnc2cc(Cl)cnc12. The molecule has 8 nitrogen and oxygen atoms in total. The van der Waals surface area contributed by atoms with Crippen molar-refractivity contribution in [1.29, 1.82) is 5.26 Å². The molecule has 0 spiro atoms. The van der Waals surface area contributed by atoms with Crippen molar-refractivity contribution in [3.63, 3.8) is 0 Å². The van der Waals surface area contributed by atoms with Crippen LogP contribution in [0.1, 0.15) is 23.4 Å². The average molecular weight is 476 g/mol. The third-order valence-electron chi connectivity index (χ3n) is 5.30. The van der Waals surface area contributed by atoms with Crippen molar-refractivity contribution in [3.8, 4) is 17.2 Å². The minimum Gasteiger partial charge on any atom is -0.389 e. The lowest BCUT2D eigenvalue weighted by Gasteiger charge is -2.39. The number of nitriles is 1. The lowest BCUT2D eigenvalue weighted by Crippen LogP contribution is -2.51. The maximum Gasteiger partial charge on any atom is 0.283 e. The molecule has 1 fully saturated rings. The van der Waals surface area contributed by atoms with E-state index in [9.17, 15) is 19.1 Å². The number of nitrogens with zero attached hydrogens (tertiary/aromatic N) is 7. The smallest absolute Gasteiger partial charge is 0.283 e. The molecule has 4 aromatic heterocycles. The second kappa shape index (κ2) is 7.48. The summed E-state index contributed by atoms with van der Waals surface area (Å²) in [6.45, 7) is 2.18. The summed E-state index contributed by atoms with van der Waals surface area (Å²) in [7, 11) is 0. The molecular formula is C20H13Cl2F2N7O. The summed E-state index contributed by atoms with van der Waals surface area (Å²) in [5.74, 6) is 0.382. The predicted octanol–water partition coefficient (Wildman–Crippen LogP) is 3.94. The number of anilines is 1. The Labute approximate surface area is 189 Å². The Morgan fingerprint density at radius 1 is 1.22 bits per heavy atom. The van der Waals surface area contributed by atoms with Gasteiger partial charge in [0.1, 0.15) is 23.1 Å². The first-order valence-electron chi connectivity index (χ1n) is 9.44. The number of alkyl halides is 2. The number of hydrogen-bond acceptors (Lipinski definition) is 7. The van der Waals surface area contributed by atoms with Gasteiger partial charge in [-0.15, -0.1) is 0 Å². The number of β-amino-alcohol motifs (C(OH)–C–C–N with tert-alkyl or cyclic N) is 1. The van der Waals surface area contributed by atoms with Crippen molar-refractivity contribution in [1.82, 2.24) is 24.6 Å². The van der Waals surface area contributed by atoms with Crippen LogP contribution in [0.5, 0.6) is 0 Å². The Morgan fingerprint density at radius 3 is 2.62 bits per heavy atom. The van der Waals surface area contributed by atoms with Crippen molar-refractivity contribution in [2.45, 2.75) is 19.5 Å². The first-order chi connectivity index (χ1) is 15.3. The van der Waals surface area contributed by atoms with E-state index in [-0.39, 0.29) is 29.3 Å². The van der Waals surface area contributed by atoms with Crippen molar-refractivity contribution >= 4 is 45.7 Å². The highest BCUT2D eigenvalue weighted by Gasteiger charge is 2.34. The molecule has 1 aliphatic heterocycles. The molecule has 5 rings (SSSR count). The number of aromatic nitrogens is 5. The molecule has 1 N–H and O–H groups in total. The molecule has 4 aromatic rings. The van der Waals surface area contributed by atoms with Gasteiger partial charge in [-0.2, -0.15) is 14.9 Å². The van der Waals surface area contributed by atoms with E-state index in [0.717, 1.165) is 0 Å². The molecule has 5 heterocycles. The Bertz CT molecular complexity index is 1440. The van der Waals surface area contributed by atoms with Gasteiger partial charge in [0.05, 0.1) is 32.9 Å². The minimum absolute atomic E-state index is 0.00549. The third kappa shape index (κ3) is 3.04. The standard InChI is InChI=1S/C20H13Cl2F2N7O/c1-8-14(15-12(22)5-26-13-2-9(21)4-27-17(13)15)20(30-6-10(32)7-30)31-19(28-8)11(3-25)16(29-31)18(23)24/h2,4-5,10,18,32H,6-7H2,1H3. The molecule has 1 saturated heterocycles. The lowest BCUT2D eigenvalue weighted by atomic mass is 10.0. The van der Waals surface area contributed by atoms with Crippen LogP contribution < -0.4 is 4.90 Å². The largest absolute Gasteiger partial charge is 0.389 e. The van der Waals surface area contributed by atoms with Crippen LogP contribution in [0.3, 0.4) is 0 Å². The zero-order chi connectivity index (χ0) is 22.7. The molecule has 0 aromatic carbocycles. The number of aliphatic hydroxyl groups excluding tert-OH is 1. The number of halogens is 4. The molecule has 1 aliphatic rings. The van der Waals surface area contributed by atoms with E-state index in [1.165, 1.54) is 16.9 Å². The van der Waals surface area contributed by atoms with Gasteiger partial charge in [-0.3, -0.25) is 9.97 Å². The highest BCUT2D eigenvalue weighted by molar-refractivity contribution is 6.35. The maximum absolute atomic E-state index is 13.6. The summed E-state index contributed by atoms with van der Waals surface area (Å²) in [6.07, 6.45) is -0.645. The monoisotopic (exact) mass is 475 g/mol. The normalized spacial score (nSPS) is 14.4. The van der Waals surface area contributed by atoms with Crippen LogP contribution in [0.25, 0.3) is 27.8 Å². The van der Waals surface area contributed by atoms with Crippen LogP contribution in [0, 0.1) is 18.3 Å². The lowest BCUT2D eigenvalue weighted by molar-refractivity contribution is 0.140. The number of rotatable bonds is 3. The number of aliphatic hydroxyl groups is 1. The van der Waals surface area contributed by atoms with E-state index in [4.69, 9.17) is 23.2 Å². The Morgan fingerprint density at radius 2 is 1.97 bits per heavy atom. The van der Waals surface area contributed by atoms with Gasteiger partial charge < -0.3 is 10.0 Å². The molecule has 0 aliphatic carbocycles. The van der Waals surface area contributed by atoms with E-state index in [1.807, 2.05) is 0 Å². The zero-order valence-electron chi connectivity index (χ0n) is 16.4. The summed E-state index contributed by atoms with van der Waals surface area (Å²) in [5, 5.41) is 24.1. The molecule has 0 radical (unpaired) electrons. The average Bonchev–Trinajstić information content (AvgIpc) is 3.09. The predicted molar refractivity (Wildman–Crippen MR) is 114 cm³/mol. The first kappa shape index (κ1) is 20.8. The highest BCUT2D eigenvalue weighted by Crippen LogP contribution is 2.43. The Hall–Kier alpha value is -3.13. The number of hydrogen-bond donors (Lipinski definition) is 1. The molecule has 162 valence electrons. The summed E-state index contributed by atoms with van der Waals surface area (Å²) in [6, 6.07) is 3.42. The summed E-state index contributed by atoms with van der Waals surface area (Å²) in [4.78, 5) is 14.9. The molecule has 0 unspecified atom stereocenters. The van der Waals surface area contributed by atoms with Gasteiger partial charge in [0.2, 0.25) is 0 Å². The fraction of sp³-hybridized carbons (Fsp3) is 0.250. The van der Waals surface area contributed by atoms with Crippen molar-refractivity contribution in [3.05, 3.63) is 45.5 Å². The van der Waals surface area contributed by atoms with Gasteiger partial charge in [0, 0.05) is 36.6 Å². The number of fused-ring (bicyclic) bond motifs is 2. The number of pyridine rings is 2. The fourth-order valence-corrected chi connectivity index (χ4v) is 4.28. The van der Waals surface area contributed by atoms with E-state index in [0.29, 0.717) is 38.7 Å². The molecule has 32 heavy (non-hydrogen) atoms. The molecule has 0 saturated carbocycles. The van der Waals surface area contributed by atoms with Crippen molar-refractivity contribution in [2.24, 2.45) is 0 Å². The van der Waals surface area contributed by atoms with Gasteiger partial charge in [0.15, 0.2) is 5.65 Å². The first-order valence-corrected chi connectivity index (χ1v) is 10.2. The molecule has 0 amide bonds. The maximum atomic E-state index is 13.6. The number of aryl methyl sites for hydroxylation is 1. The van der Waals surface area contributed by atoms with E-state index < -0.39 is 18.2 Å².